The fraction of sp³-hybridized carbons (Fsp3) is 0.929. The molecular weight excluding hydrogens is 416 g/mol. The van der Waals surface area contributed by atoms with Crippen LogP contribution in [-0.2, 0) is 19.1 Å². The molecule has 5 heteroatoms. The molecule has 0 heterocycles. The summed E-state index contributed by atoms with van der Waals surface area (Å²) in [4.78, 5) is 23.9. The summed E-state index contributed by atoms with van der Waals surface area (Å²) in [6.45, 7) is 8.65. The summed E-state index contributed by atoms with van der Waals surface area (Å²) in [5, 5.41) is 9.42. The Kier molecular flexibility index (Phi) is 21.9. The van der Waals surface area contributed by atoms with Gasteiger partial charge in [0.15, 0.2) is 6.10 Å². The third-order valence-electron chi connectivity index (χ3n) is 6.01. The highest BCUT2D eigenvalue weighted by Gasteiger charge is 2.16. The van der Waals surface area contributed by atoms with Crippen molar-refractivity contribution in [3.8, 4) is 0 Å². The molecule has 0 fully saturated rings. The maximum absolute atomic E-state index is 12.0. The van der Waals surface area contributed by atoms with Crippen molar-refractivity contribution in [3.63, 3.8) is 0 Å². The molecule has 33 heavy (non-hydrogen) atoms. The molecule has 0 aliphatic rings. The molecule has 0 saturated heterocycles. The van der Waals surface area contributed by atoms with Crippen LogP contribution in [0.25, 0.3) is 0 Å². The van der Waals surface area contributed by atoms with E-state index in [1.54, 1.807) is 0 Å². The Balaban J connectivity index is 3.64. The Hall–Kier alpha value is -1.10. The van der Waals surface area contributed by atoms with Gasteiger partial charge in [-0.05, 0) is 24.7 Å². The monoisotopic (exact) mass is 470 g/mol. The highest BCUT2D eigenvalue weighted by atomic mass is 16.6. The molecule has 1 atom stereocenters. The average Bonchev–Trinajstić information content (AvgIpc) is 2.76. The Morgan fingerprint density at radius 3 is 1.42 bits per heavy atom. The fourth-order valence-corrected chi connectivity index (χ4v) is 3.86. The largest absolute Gasteiger partial charge is 0.462 e. The van der Waals surface area contributed by atoms with Crippen LogP contribution >= 0.6 is 0 Å². The Bertz CT molecular complexity index is 461. The number of carbonyl (C=O) groups excluding carboxylic acids is 2. The van der Waals surface area contributed by atoms with E-state index in [0.29, 0.717) is 12.8 Å². The highest BCUT2D eigenvalue weighted by Crippen LogP contribution is 2.14. The lowest BCUT2D eigenvalue weighted by molar-refractivity contribution is -0.161. The lowest BCUT2D eigenvalue weighted by atomic mass is 10.0. The number of aliphatic hydroxyl groups excluding tert-OH is 1. The molecule has 196 valence electrons. The zero-order valence-corrected chi connectivity index (χ0v) is 22.2. The van der Waals surface area contributed by atoms with E-state index in [2.05, 4.69) is 27.7 Å². The van der Waals surface area contributed by atoms with Crippen LogP contribution in [-0.4, -0.2) is 36.4 Å². The van der Waals surface area contributed by atoms with E-state index in [4.69, 9.17) is 9.47 Å². The molecule has 0 aliphatic heterocycles. The summed E-state index contributed by atoms with van der Waals surface area (Å²) in [6.07, 6.45) is 17.5. The van der Waals surface area contributed by atoms with Crippen LogP contribution in [0, 0.1) is 11.8 Å². The minimum absolute atomic E-state index is 0.0628. The number of carbonyl (C=O) groups is 2. The van der Waals surface area contributed by atoms with Crippen LogP contribution in [0.15, 0.2) is 0 Å². The van der Waals surface area contributed by atoms with E-state index in [9.17, 15) is 14.7 Å². The maximum Gasteiger partial charge on any atom is 0.306 e. The van der Waals surface area contributed by atoms with Crippen molar-refractivity contribution >= 4 is 11.9 Å². The molecule has 0 amide bonds. The van der Waals surface area contributed by atoms with Crippen LogP contribution in [0.1, 0.15) is 137 Å². The number of esters is 2. The van der Waals surface area contributed by atoms with Crippen molar-refractivity contribution in [2.75, 3.05) is 13.2 Å². The molecule has 0 aromatic rings. The van der Waals surface area contributed by atoms with Crippen molar-refractivity contribution in [3.05, 3.63) is 0 Å². The van der Waals surface area contributed by atoms with E-state index in [-0.39, 0.29) is 25.2 Å². The van der Waals surface area contributed by atoms with E-state index < -0.39 is 6.10 Å². The molecule has 5 nitrogen and oxygen atoms in total. The summed E-state index contributed by atoms with van der Waals surface area (Å²) in [5.74, 6) is 0.972. The summed E-state index contributed by atoms with van der Waals surface area (Å²) in [6, 6.07) is 0. The second-order valence-electron chi connectivity index (χ2n) is 10.4. The number of hydrogen-bond acceptors (Lipinski definition) is 5. The summed E-state index contributed by atoms with van der Waals surface area (Å²) >= 11 is 0. The second-order valence-corrected chi connectivity index (χ2v) is 10.4. The molecule has 0 radical (unpaired) electrons. The van der Waals surface area contributed by atoms with E-state index >= 15 is 0 Å². The lowest BCUT2D eigenvalue weighted by Gasteiger charge is -2.15. The van der Waals surface area contributed by atoms with Crippen LogP contribution in [0.2, 0.25) is 0 Å². The summed E-state index contributed by atoms with van der Waals surface area (Å²) in [7, 11) is 0. The first-order valence-corrected chi connectivity index (χ1v) is 13.8. The van der Waals surface area contributed by atoms with Crippen molar-refractivity contribution in [2.45, 2.75) is 143 Å². The first-order valence-electron chi connectivity index (χ1n) is 13.8. The first-order chi connectivity index (χ1) is 15.8. The van der Waals surface area contributed by atoms with E-state index in [0.717, 1.165) is 50.4 Å². The van der Waals surface area contributed by atoms with Gasteiger partial charge in [-0.15, -0.1) is 0 Å². The van der Waals surface area contributed by atoms with Gasteiger partial charge in [0.1, 0.15) is 6.61 Å². The molecule has 0 aromatic heterocycles. The lowest BCUT2D eigenvalue weighted by Crippen LogP contribution is -2.28. The number of ether oxygens (including phenoxy) is 2. The molecule has 0 aromatic carbocycles. The first kappa shape index (κ1) is 31.9. The Morgan fingerprint density at radius 2 is 1.00 bits per heavy atom. The van der Waals surface area contributed by atoms with E-state index in [1.807, 2.05) is 0 Å². The van der Waals surface area contributed by atoms with Crippen LogP contribution in [0.3, 0.4) is 0 Å². The van der Waals surface area contributed by atoms with Gasteiger partial charge in [-0.2, -0.15) is 0 Å². The number of unbranched alkanes of at least 4 members (excludes halogenated alkanes) is 11. The third-order valence-corrected chi connectivity index (χ3v) is 6.01. The topological polar surface area (TPSA) is 72.8 Å². The van der Waals surface area contributed by atoms with Crippen LogP contribution in [0.4, 0.5) is 0 Å². The van der Waals surface area contributed by atoms with Crippen LogP contribution < -0.4 is 0 Å². The number of hydrogen-bond donors (Lipinski definition) is 1. The SMILES string of the molecule is CC(C)CCCCCCCCCC(=O)O[C@@H](CO)COC(=O)CCCCCCCCC(C)C. The van der Waals surface area contributed by atoms with Gasteiger partial charge in [-0.1, -0.05) is 111 Å². The number of aliphatic hydroxyl groups is 1. The molecule has 0 rings (SSSR count). The van der Waals surface area contributed by atoms with Gasteiger partial charge in [0, 0.05) is 12.8 Å². The van der Waals surface area contributed by atoms with E-state index in [1.165, 1.54) is 57.8 Å². The van der Waals surface area contributed by atoms with Crippen molar-refractivity contribution < 1.29 is 24.2 Å². The van der Waals surface area contributed by atoms with Gasteiger partial charge in [-0.25, -0.2) is 0 Å². The standard InChI is InChI=1S/C28H54O5/c1-24(2)18-14-10-6-5-7-13-17-21-28(31)33-26(22-29)23-32-27(30)20-16-12-9-8-11-15-19-25(3)4/h24-26,29H,5-23H2,1-4H3/t26-/m0/s1. The van der Waals surface area contributed by atoms with Gasteiger partial charge in [0.05, 0.1) is 6.61 Å². The smallest absolute Gasteiger partial charge is 0.306 e. The van der Waals surface area contributed by atoms with Gasteiger partial charge < -0.3 is 14.6 Å². The zero-order chi connectivity index (χ0) is 24.7. The normalized spacial score (nSPS) is 12.3. The Morgan fingerprint density at radius 1 is 0.606 bits per heavy atom. The highest BCUT2D eigenvalue weighted by molar-refractivity contribution is 5.70. The van der Waals surface area contributed by atoms with Gasteiger partial charge >= 0.3 is 11.9 Å². The Labute approximate surface area is 204 Å². The van der Waals surface area contributed by atoms with Crippen molar-refractivity contribution in [1.82, 2.24) is 0 Å². The second kappa shape index (κ2) is 22.7. The van der Waals surface area contributed by atoms with Crippen molar-refractivity contribution in [2.24, 2.45) is 11.8 Å². The quantitative estimate of drug-likeness (QED) is 0.125. The molecule has 0 aliphatic carbocycles. The van der Waals surface area contributed by atoms with Gasteiger partial charge in [-0.3, -0.25) is 9.59 Å². The molecule has 0 saturated carbocycles. The predicted molar refractivity (Wildman–Crippen MR) is 136 cm³/mol. The minimum atomic E-state index is -0.761. The van der Waals surface area contributed by atoms with Gasteiger partial charge in [0.25, 0.3) is 0 Å². The molecule has 0 spiro atoms. The van der Waals surface area contributed by atoms with Crippen molar-refractivity contribution in [1.29, 1.82) is 0 Å². The molecular formula is C28H54O5. The average molecular weight is 471 g/mol. The third kappa shape index (κ3) is 23.8. The fourth-order valence-electron chi connectivity index (χ4n) is 3.86. The molecule has 0 unspecified atom stereocenters. The summed E-state index contributed by atoms with van der Waals surface area (Å²) in [5.41, 5.74) is 0. The minimum Gasteiger partial charge on any atom is -0.462 e. The number of rotatable bonds is 23. The molecule has 1 N–H and O–H groups in total. The summed E-state index contributed by atoms with van der Waals surface area (Å²) < 4.78 is 10.5. The maximum atomic E-state index is 12.0. The predicted octanol–water partition coefficient (Wildman–Crippen LogP) is 7.38. The van der Waals surface area contributed by atoms with Gasteiger partial charge in [0.2, 0.25) is 0 Å². The van der Waals surface area contributed by atoms with Crippen LogP contribution in [0.5, 0.6) is 0 Å². The molecule has 0 bridgehead atoms. The zero-order valence-electron chi connectivity index (χ0n) is 22.2.